The lowest BCUT2D eigenvalue weighted by atomic mass is 10.0. The number of anilines is 2. The van der Waals surface area contributed by atoms with Crippen LogP contribution >= 0.6 is 0 Å². The van der Waals surface area contributed by atoms with E-state index in [4.69, 9.17) is 4.74 Å². The zero-order valence-electron chi connectivity index (χ0n) is 22.5. The topological polar surface area (TPSA) is 70.5 Å². The number of aliphatic hydroxyl groups is 1. The van der Waals surface area contributed by atoms with Gasteiger partial charge in [0.1, 0.15) is 23.6 Å². The number of aryl methyl sites for hydroxylation is 1. The van der Waals surface area contributed by atoms with Gasteiger partial charge in [-0.1, -0.05) is 48.0 Å². The van der Waals surface area contributed by atoms with Crippen LogP contribution in [0.2, 0.25) is 0 Å². The van der Waals surface area contributed by atoms with Crippen LogP contribution in [-0.2, 0) is 6.54 Å². The van der Waals surface area contributed by atoms with E-state index in [1.165, 1.54) is 16.7 Å². The first-order chi connectivity index (χ1) is 19.6. The quantitative estimate of drug-likeness (QED) is 0.231. The van der Waals surface area contributed by atoms with Gasteiger partial charge in [-0.2, -0.15) is 0 Å². The van der Waals surface area contributed by atoms with E-state index < -0.39 is 0 Å². The number of likely N-dealkylation sites (tertiary alicyclic amines) is 1. The first-order valence-electron chi connectivity index (χ1n) is 13.9. The lowest BCUT2D eigenvalue weighted by Gasteiger charge is -2.19. The molecule has 2 atom stereocenters. The Bertz CT molecular complexity index is 1620. The van der Waals surface area contributed by atoms with E-state index in [0.717, 1.165) is 59.1 Å². The standard InChI is InChI=1S/C34H32N4O2/c1-22-2-11-27(12-3-22)40-28-13-9-26(10-14-28)37-34-29-16-25(8-15-33(29)35-21-36-34)24-6-4-23(5-7-24)17-38-18-30-31(19-38)32(30)20-39/h2-16,21,30-32,39H,17-20H2,1H3,(H,35,36,37). The van der Waals surface area contributed by atoms with E-state index in [2.05, 4.69) is 69.6 Å². The Balaban J connectivity index is 1.05. The number of fused-ring (bicyclic) bond motifs is 2. The number of piperidine rings is 1. The average Bonchev–Trinajstić information content (AvgIpc) is 3.47. The van der Waals surface area contributed by atoms with Gasteiger partial charge in [-0.3, -0.25) is 4.90 Å². The summed E-state index contributed by atoms with van der Waals surface area (Å²) in [7, 11) is 0. The third kappa shape index (κ3) is 5.04. The van der Waals surface area contributed by atoms with Gasteiger partial charge in [0.15, 0.2) is 0 Å². The SMILES string of the molecule is Cc1ccc(Oc2ccc(Nc3ncnc4ccc(-c5ccc(CN6CC7C(CO)C7C6)cc5)cc34)cc2)cc1. The van der Waals surface area contributed by atoms with Gasteiger partial charge in [-0.15, -0.1) is 0 Å². The Morgan fingerprint density at radius 2 is 1.50 bits per heavy atom. The summed E-state index contributed by atoms with van der Waals surface area (Å²) in [6.07, 6.45) is 1.60. The second kappa shape index (κ2) is 10.4. The maximum atomic E-state index is 9.41. The molecular weight excluding hydrogens is 496 g/mol. The molecule has 2 N–H and O–H groups in total. The highest BCUT2D eigenvalue weighted by molar-refractivity contribution is 5.93. The molecule has 2 fully saturated rings. The van der Waals surface area contributed by atoms with Crippen molar-refractivity contribution in [1.82, 2.24) is 14.9 Å². The molecule has 7 rings (SSSR count). The summed E-state index contributed by atoms with van der Waals surface area (Å²) in [5, 5.41) is 13.8. The van der Waals surface area contributed by atoms with Crippen LogP contribution in [0.3, 0.4) is 0 Å². The fraction of sp³-hybridized carbons (Fsp3) is 0.235. The molecule has 0 spiro atoms. The normalized spacial score (nSPS) is 19.9. The highest BCUT2D eigenvalue weighted by atomic mass is 16.5. The number of ether oxygens (including phenoxy) is 1. The van der Waals surface area contributed by atoms with Crippen LogP contribution in [-0.4, -0.2) is 39.7 Å². The monoisotopic (exact) mass is 528 g/mol. The second-order valence-electron chi connectivity index (χ2n) is 11.1. The zero-order chi connectivity index (χ0) is 27.1. The summed E-state index contributed by atoms with van der Waals surface area (Å²) in [6.45, 7) is 5.61. The molecule has 1 aliphatic carbocycles. The van der Waals surface area contributed by atoms with Crippen molar-refractivity contribution in [3.63, 3.8) is 0 Å². The molecule has 2 unspecified atom stereocenters. The molecule has 6 nitrogen and oxygen atoms in total. The Morgan fingerprint density at radius 1 is 0.825 bits per heavy atom. The van der Waals surface area contributed by atoms with Crippen LogP contribution in [0.25, 0.3) is 22.0 Å². The number of aliphatic hydroxyl groups excluding tert-OH is 1. The van der Waals surface area contributed by atoms with Crippen LogP contribution in [0.5, 0.6) is 11.5 Å². The Kier molecular flexibility index (Phi) is 6.42. The zero-order valence-corrected chi connectivity index (χ0v) is 22.5. The molecule has 2 aliphatic rings. The van der Waals surface area contributed by atoms with E-state index in [1.54, 1.807) is 6.33 Å². The van der Waals surface area contributed by atoms with Crippen molar-refractivity contribution in [3.8, 4) is 22.6 Å². The minimum absolute atomic E-state index is 0.349. The first kappa shape index (κ1) is 24.8. The summed E-state index contributed by atoms with van der Waals surface area (Å²) in [5.74, 6) is 4.33. The molecular formula is C34H32N4O2. The minimum atomic E-state index is 0.349. The molecule has 0 bridgehead atoms. The van der Waals surface area contributed by atoms with Crippen molar-refractivity contribution in [2.45, 2.75) is 13.5 Å². The molecule has 40 heavy (non-hydrogen) atoms. The van der Waals surface area contributed by atoms with Crippen molar-refractivity contribution < 1.29 is 9.84 Å². The maximum absolute atomic E-state index is 9.41. The fourth-order valence-electron chi connectivity index (χ4n) is 6.02. The molecule has 1 saturated heterocycles. The molecule has 4 aromatic carbocycles. The summed E-state index contributed by atoms with van der Waals surface area (Å²) in [4.78, 5) is 11.6. The molecule has 0 radical (unpaired) electrons. The molecule has 0 amide bonds. The summed E-state index contributed by atoms with van der Waals surface area (Å²) >= 11 is 0. The van der Waals surface area contributed by atoms with E-state index in [0.29, 0.717) is 24.4 Å². The van der Waals surface area contributed by atoms with Gasteiger partial charge < -0.3 is 15.2 Å². The Labute approximate surface area is 234 Å². The molecule has 1 saturated carbocycles. The van der Waals surface area contributed by atoms with Crippen LogP contribution in [0, 0.1) is 24.7 Å². The molecule has 5 aromatic rings. The third-order valence-corrected chi connectivity index (χ3v) is 8.36. The van der Waals surface area contributed by atoms with E-state index in [-0.39, 0.29) is 0 Å². The molecule has 1 aliphatic heterocycles. The fourth-order valence-corrected chi connectivity index (χ4v) is 6.02. The Hall–Kier alpha value is -4.26. The predicted molar refractivity (Wildman–Crippen MR) is 159 cm³/mol. The van der Waals surface area contributed by atoms with Crippen molar-refractivity contribution in [3.05, 3.63) is 108 Å². The van der Waals surface area contributed by atoms with E-state index >= 15 is 0 Å². The number of benzene rings is 4. The number of aromatic nitrogens is 2. The van der Waals surface area contributed by atoms with Crippen molar-refractivity contribution in [1.29, 1.82) is 0 Å². The van der Waals surface area contributed by atoms with Crippen molar-refractivity contribution >= 4 is 22.4 Å². The van der Waals surface area contributed by atoms with Gasteiger partial charge in [-0.05, 0) is 89.9 Å². The predicted octanol–water partition coefficient (Wildman–Crippen LogP) is 6.81. The van der Waals surface area contributed by atoms with Crippen molar-refractivity contribution in [2.24, 2.45) is 17.8 Å². The minimum Gasteiger partial charge on any atom is -0.457 e. The van der Waals surface area contributed by atoms with E-state index in [1.807, 2.05) is 48.5 Å². The van der Waals surface area contributed by atoms with Gasteiger partial charge in [0.2, 0.25) is 0 Å². The summed E-state index contributed by atoms with van der Waals surface area (Å²) in [6, 6.07) is 31.1. The number of rotatable bonds is 8. The van der Waals surface area contributed by atoms with Crippen LogP contribution in [0.1, 0.15) is 11.1 Å². The second-order valence-corrected chi connectivity index (χ2v) is 11.1. The van der Waals surface area contributed by atoms with Gasteiger partial charge >= 0.3 is 0 Å². The van der Waals surface area contributed by atoms with E-state index in [9.17, 15) is 5.11 Å². The van der Waals surface area contributed by atoms with Crippen LogP contribution in [0.4, 0.5) is 11.5 Å². The number of nitrogens with one attached hydrogen (secondary N) is 1. The first-order valence-corrected chi connectivity index (χ1v) is 13.9. The lowest BCUT2D eigenvalue weighted by molar-refractivity contribution is 0.217. The number of hydrogen-bond donors (Lipinski definition) is 2. The van der Waals surface area contributed by atoms with Crippen LogP contribution < -0.4 is 10.1 Å². The van der Waals surface area contributed by atoms with Gasteiger partial charge in [0.05, 0.1) is 5.52 Å². The molecule has 6 heteroatoms. The average molecular weight is 529 g/mol. The molecule has 2 heterocycles. The lowest BCUT2D eigenvalue weighted by Crippen LogP contribution is -2.24. The highest BCUT2D eigenvalue weighted by Gasteiger charge is 2.54. The van der Waals surface area contributed by atoms with Gasteiger partial charge in [0.25, 0.3) is 0 Å². The Morgan fingerprint density at radius 3 is 2.20 bits per heavy atom. The maximum Gasteiger partial charge on any atom is 0.141 e. The largest absolute Gasteiger partial charge is 0.457 e. The number of hydrogen-bond acceptors (Lipinski definition) is 6. The molecule has 200 valence electrons. The number of nitrogens with zero attached hydrogens (tertiary/aromatic N) is 3. The van der Waals surface area contributed by atoms with Crippen molar-refractivity contribution in [2.75, 3.05) is 25.0 Å². The van der Waals surface area contributed by atoms with Gasteiger partial charge in [-0.25, -0.2) is 9.97 Å². The van der Waals surface area contributed by atoms with Crippen LogP contribution in [0.15, 0.2) is 97.3 Å². The summed E-state index contributed by atoms with van der Waals surface area (Å²) < 4.78 is 5.97. The summed E-state index contributed by atoms with van der Waals surface area (Å²) in [5.41, 5.74) is 6.65. The smallest absolute Gasteiger partial charge is 0.141 e. The molecule has 1 aromatic heterocycles. The van der Waals surface area contributed by atoms with Gasteiger partial charge in [0, 0.05) is 37.3 Å². The third-order valence-electron chi connectivity index (χ3n) is 8.36. The highest BCUT2D eigenvalue weighted by Crippen LogP contribution is 2.51.